The summed E-state index contributed by atoms with van der Waals surface area (Å²) in [5, 5.41) is 2.89. The maximum absolute atomic E-state index is 13.3. The summed E-state index contributed by atoms with van der Waals surface area (Å²) >= 11 is 0. The van der Waals surface area contributed by atoms with Crippen molar-refractivity contribution in [2.24, 2.45) is 0 Å². The molecule has 9 heteroatoms. The van der Waals surface area contributed by atoms with Gasteiger partial charge in [0, 0.05) is 6.04 Å². The van der Waals surface area contributed by atoms with Gasteiger partial charge in [0.2, 0.25) is 10.0 Å². The van der Waals surface area contributed by atoms with Gasteiger partial charge in [-0.15, -0.1) is 0 Å². The highest BCUT2D eigenvalue weighted by molar-refractivity contribution is 7.89. The molecular weight excluding hydrogens is 352 g/mol. The molecule has 1 aromatic rings. The molecule has 1 aliphatic heterocycles. The zero-order valence-electron chi connectivity index (χ0n) is 14.4. The van der Waals surface area contributed by atoms with Gasteiger partial charge in [0.15, 0.2) is 18.2 Å². The Kier molecular flexibility index (Phi) is 6.47. The second-order valence-corrected chi connectivity index (χ2v) is 8.22. The van der Waals surface area contributed by atoms with Crippen molar-refractivity contribution in [2.45, 2.75) is 31.2 Å². The first-order chi connectivity index (χ1) is 11.7. The zero-order chi connectivity index (χ0) is 18.6. The van der Waals surface area contributed by atoms with E-state index >= 15 is 0 Å². The van der Waals surface area contributed by atoms with Crippen molar-refractivity contribution in [3.8, 4) is 0 Å². The van der Waals surface area contributed by atoms with Crippen LogP contribution in [0.15, 0.2) is 23.1 Å². The van der Waals surface area contributed by atoms with E-state index in [-0.39, 0.29) is 29.9 Å². The Morgan fingerprint density at radius 3 is 2.48 bits per heavy atom. The molecule has 2 rings (SSSR count). The Morgan fingerprint density at radius 1 is 1.28 bits per heavy atom. The van der Waals surface area contributed by atoms with Gasteiger partial charge < -0.3 is 10.2 Å². The number of amides is 1. The molecule has 1 fully saturated rings. The van der Waals surface area contributed by atoms with Gasteiger partial charge >= 0.3 is 0 Å². The number of sulfonamides is 1. The first-order valence-corrected chi connectivity index (χ1v) is 9.76. The third kappa shape index (κ3) is 4.96. The van der Waals surface area contributed by atoms with E-state index in [1.165, 1.54) is 4.31 Å². The average molecular weight is 376 g/mol. The normalized spacial score (nSPS) is 18.1. The lowest BCUT2D eigenvalue weighted by Crippen LogP contribution is -3.15. The molecule has 1 amide bonds. The first kappa shape index (κ1) is 19.7. The molecule has 1 aliphatic rings. The number of hydrogen-bond acceptors (Lipinski definition) is 3. The fourth-order valence-corrected chi connectivity index (χ4v) is 4.11. The smallest absolute Gasteiger partial charge is 0.275 e. The molecule has 2 N–H and O–H groups in total. The molecule has 0 radical (unpaired) electrons. The van der Waals surface area contributed by atoms with Crippen molar-refractivity contribution < 1.29 is 26.9 Å². The summed E-state index contributed by atoms with van der Waals surface area (Å²) in [6.45, 7) is 5.64. The molecule has 25 heavy (non-hydrogen) atoms. The van der Waals surface area contributed by atoms with Crippen molar-refractivity contribution in [1.82, 2.24) is 9.62 Å². The van der Waals surface area contributed by atoms with Crippen LogP contribution in [0.25, 0.3) is 0 Å². The Morgan fingerprint density at radius 2 is 1.92 bits per heavy atom. The highest BCUT2D eigenvalue weighted by Gasteiger charge is 2.31. The van der Waals surface area contributed by atoms with Gasteiger partial charge in [0.05, 0.1) is 31.1 Å². The molecule has 0 spiro atoms. The summed E-state index contributed by atoms with van der Waals surface area (Å²) in [6, 6.07) is 2.68. The van der Waals surface area contributed by atoms with Gasteiger partial charge in [-0.1, -0.05) is 6.92 Å². The number of hydrogen-bond donors (Lipinski definition) is 2. The minimum absolute atomic E-state index is 0.0544. The maximum atomic E-state index is 13.3. The predicted molar refractivity (Wildman–Crippen MR) is 88.6 cm³/mol. The molecule has 1 saturated heterocycles. The number of quaternary nitrogens is 1. The van der Waals surface area contributed by atoms with Gasteiger partial charge in [-0.3, -0.25) is 4.79 Å². The van der Waals surface area contributed by atoms with Crippen LogP contribution in [0.4, 0.5) is 8.78 Å². The van der Waals surface area contributed by atoms with Crippen molar-refractivity contribution in [1.29, 1.82) is 0 Å². The van der Waals surface area contributed by atoms with Crippen molar-refractivity contribution in [3.05, 3.63) is 29.8 Å². The number of piperazine rings is 1. The lowest BCUT2D eigenvalue weighted by atomic mass is 10.2. The third-order valence-electron chi connectivity index (χ3n) is 4.39. The summed E-state index contributed by atoms with van der Waals surface area (Å²) in [6.07, 6.45) is 0.849. The number of benzene rings is 1. The van der Waals surface area contributed by atoms with Crippen molar-refractivity contribution in [3.63, 3.8) is 0 Å². The quantitative estimate of drug-likeness (QED) is 0.721. The maximum Gasteiger partial charge on any atom is 0.275 e. The lowest BCUT2D eigenvalue weighted by Gasteiger charge is -2.31. The lowest BCUT2D eigenvalue weighted by molar-refractivity contribution is -0.895. The Bertz CT molecular complexity index is 719. The van der Waals surface area contributed by atoms with Gasteiger partial charge in [0.25, 0.3) is 5.91 Å². The van der Waals surface area contributed by atoms with Crippen LogP contribution in [0.2, 0.25) is 0 Å². The number of nitrogens with zero attached hydrogens (tertiary/aromatic N) is 1. The molecule has 140 valence electrons. The first-order valence-electron chi connectivity index (χ1n) is 8.32. The predicted octanol–water partition coefficient (Wildman–Crippen LogP) is -0.231. The molecule has 1 atom stereocenters. The van der Waals surface area contributed by atoms with Gasteiger partial charge in [0.1, 0.15) is 0 Å². The van der Waals surface area contributed by atoms with Crippen LogP contribution in [0.5, 0.6) is 0 Å². The summed E-state index contributed by atoms with van der Waals surface area (Å²) in [7, 11) is -3.86. The highest BCUT2D eigenvalue weighted by Crippen LogP contribution is 2.18. The summed E-state index contributed by atoms with van der Waals surface area (Å²) in [5.41, 5.74) is 0. The number of nitrogens with one attached hydrogen (secondary N) is 2. The SMILES string of the molecule is CC[C@@H](C)NC(=O)C[NH+]1CCN(S(=O)(=O)c2ccc(F)c(F)c2)CC1. The average Bonchev–Trinajstić information content (AvgIpc) is 2.57. The van der Waals surface area contributed by atoms with Crippen LogP contribution in [0.3, 0.4) is 0 Å². The molecule has 1 heterocycles. The fourth-order valence-electron chi connectivity index (χ4n) is 2.66. The molecule has 0 aromatic heterocycles. The van der Waals surface area contributed by atoms with Crippen LogP contribution in [0.1, 0.15) is 20.3 Å². The standard InChI is InChI=1S/C16H23F2N3O3S/c1-3-12(2)19-16(22)11-20-6-8-21(9-7-20)25(23,24)13-4-5-14(17)15(18)10-13/h4-5,10,12H,3,6-9,11H2,1-2H3,(H,19,22)/p+1/t12-/m1/s1. The van der Waals surface area contributed by atoms with Crippen molar-refractivity contribution in [2.75, 3.05) is 32.7 Å². The van der Waals surface area contributed by atoms with Gasteiger partial charge in [-0.2, -0.15) is 4.31 Å². The van der Waals surface area contributed by atoms with Crippen LogP contribution in [-0.4, -0.2) is 57.4 Å². The summed E-state index contributed by atoms with van der Waals surface area (Å²) in [5.74, 6) is -2.33. The second kappa shape index (κ2) is 8.20. The van der Waals surface area contributed by atoms with E-state index in [1.807, 2.05) is 13.8 Å². The van der Waals surface area contributed by atoms with E-state index in [0.717, 1.165) is 23.5 Å². The molecule has 0 saturated carbocycles. The largest absolute Gasteiger partial charge is 0.349 e. The van der Waals surface area contributed by atoms with E-state index in [4.69, 9.17) is 0 Å². The van der Waals surface area contributed by atoms with Crippen LogP contribution in [0, 0.1) is 11.6 Å². The van der Waals surface area contributed by atoms with E-state index in [2.05, 4.69) is 5.32 Å². The van der Waals surface area contributed by atoms with Crippen LogP contribution < -0.4 is 10.2 Å². The van der Waals surface area contributed by atoms with E-state index in [1.54, 1.807) is 0 Å². The van der Waals surface area contributed by atoms with Gasteiger partial charge in [-0.25, -0.2) is 17.2 Å². The minimum atomic E-state index is -3.86. The Balaban J connectivity index is 1.94. The second-order valence-electron chi connectivity index (χ2n) is 6.28. The number of rotatable bonds is 6. The minimum Gasteiger partial charge on any atom is -0.349 e. The molecule has 0 bridgehead atoms. The molecular formula is C16H24F2N3O3S+. The summed E-state index contributed by atoms with van der Waals surface area (Å²) in [4.78, 5) is 12.6. The Labute approximate surface area is 146 Å². The van der Waals surface area contributed by atoms with E-state index in [9.17, 15) is 22.0 Å². The molecule has 0 unspecified atom stereocenters. The Hall–Kier alpha value is -1.58. The van der Waals surface area contributed by atoms with Gasteiger partial charge in [-0.05, 0) is 31.5 Å². The topological polar surface area (TPSA) is 70.9 Å². The molecule has 6 nitrogen and oxygen atoms in total. The van der Waals surface area contributed by atoms with E-state index in [0.29, 0.717) is 25.7 Å². The summed E-state index contributed by atoms with van der Waals surface area (Å²) < 4.78 is 52.6. The van der Waals surface area contributed by atoms with Crippen molar-refractivity contribution >= 4 is 15.9 Å². The number of carbonyl (C=O) groups excluding carboxylic acids is 1. The van der Waals surface area contributed by atoms with Crippen LogP contribution >= 0.6 is 0 Å². The molecule has 0 aliphatic carbocycles. The highest BCUT2D eigenvalue weighted by atomic mass is 32.2. The monoisotopic (exact) mass is 376 g/mol. The number of carbonyl (C=O) groups is 1. The van der Waals surface area contributed by atoms with E-state index < -0.39 is 21.7 Å². The van der Waals surface area contributed by atoms with Crippen LogP contribution in [-0.2, 0) is 14.8 Å². The zero-order valence-corrected chi connectivity index (χ0v) is 15.2. The fraction of sp³-hybridized carbons (Fsp3) is 0.562. The number of halogens is 2. The third-order valence-corrected chi connectivity index (χ3v) is 6.28. The molecule has 1 aromatic carbocycles.